The van der Waals surface area contributed by atoms with E-state index in [4.69, 9.17) is 0 Å². The molecule has 3 unspecified atom stereocenters. The number of aliphatic hydroxyl groups is 1. The molecule has 8 nitrogen and oxygen atoms in total. The largest absolute Gasteiger partial charge is 0.396 e. The van der Waals surface area contributed by atoms with E-state index in [1.165, 1.54) is 0 Å². The first kappa shape index (κ1) is 37.2. The number of halogens is 1. The van der Waals surface area contributed by atoms with Crippen LogP contribution in [0.2, 0.25) is 0 Å². The van der Waals surface area contributed by atoms with Gasteiger partial charge in [0.2, 0.25) is 11.8 Å². The van der Waals surface area contributed by atoms with E-state index >= 15 is 4.79 Å². The molecule has 3 heterocycles. The van der Waals surface area contributed by atoms with Crippen LogP contribution < -0.4 is 9.80 Å². The molecule has 3 aliphatic heterocycles. The van der Waals surface area contributed by atoms with Crippen molar-refractivity contribution in [2.45, 2.75) is 73.4 Å². The SMILES string of the molecule is C=CCN(Cc1ccccc1)C(=O)[C@H]1[C@H]2C(=O)N(CCCCCCO)C(C(=O)N(CC=C)c3ccc(N(CC)CC)cc3)C23CC(Br)[C@@H]1S3. The van der Waals surface area contributed by atoms with Gasteiger partial charge in [-0.15, -0.1) is 24.9 Å². The number of carbonyl (C=O) groups excluding carboxylic acids is 3. The van der Waals surface area contributed by atoms with Gasteiger partial charge in [-0.05, 0) is 62.9 Å². The first-order chi connectivity index (χ1) is 23.8. The lowest BCUT2D eigenvalue weighted by atomic mass is 9.70. The number of nitrogens with zero attached hydrogens (tertiary/aromatic N) is 4. The summed E-state index contributed by atoms with van der Waals surface area (Å²) >= 11 is 5.60. The molecular weight excluding hydrogens is 700 g/mol. The van der Waals surface area contributed by atoms with E-state index in [1.807, 2.05) is 59.5 Å². The highest BCUT2D eigenvalue weighted by Crippen LogP contribution is 2.68. The van der Waals surface area contributed by atoms with E-state index in [0.717, 1.165) is 49.3 Å². The van der Waals surface area contributed by atoms with Gasteiger partial charge in [0, 0.05) is 67.3 Å². The summed E-state index contributed by atoms with van der Waals surface area (Å²) in [6, 6.07) is 17.2. The Hall–Kier alpha value is -3.08. The van der Waals surface area contributed by atoms with E-state index in [0.29, 0.717) is 39.0 Å². The first-order valence-corrected chi connectivity index (χ1v) is 19.5. The van der Waals surface area contributed by atoms with Crippen molar-refractivity contribution in [2.75, 3.05) is 49.1 Å². The zero-order chi connectivity index (χ0) is 35.1. The van der Waals surface area contributed by atoms with Gasteiger partial charge >= 0.3 is 0 Å². The first-order valence-electron chi connectivity index (χ1n) is 17.7. The third kappa shape index (κ3) is 7.38. The molecule has 264 valence electrons. The van der Waals surface area contributed by atoms with Crippen LogP contribution in [0.5, 0.6) is 0 Å². The van der Waals surface area contributed by atoms with Crippen LogP contribution in [0.25, 0.3) is 0 Å². The Morgan fingerprint density at radius 1 is 0.959 bits per heavy atom. The van der Waals surface area contributed by atoms with Crippen molar-refractivity contribution in [3.63, 3.8) is 0 Å². The van der Waals surface area contributed by atoms with Gasteiger partial charge in [-0.3, -0.25) is 14.4 Å². The summed E-state index contributed by atoms with van der Waals surface area (Å²) < 4.78 is -0.744. The number of amides is 3. The lowest BCUT2D eigenvalue weighted by Crippen LogP contribution is -2.56. The van der Waals surface area contributed by atoms with Crippen molar-refractivity contribution in [3.8, 4) is 0 Å². The van der Waals surface area contributed by atoms with Crippen LogP contribution in [0.4, 0.5) is 11.4 Å². The van der Waals surface area contributed by atoms with Gasteiger partial charge in [-0.1, -0.05) is 71.3 Å². The van der Waals surface area contributed by atoms with Gasteiger partial charge in [0.05, 0.1) is 16.6 Å². The van der Waals surface area contributed by atoms with Crippen LogP contribution in [0.3, 0.4) is 0 Å². The second kappa shape index (κ2) is 16.8. The second-order valence-corrected chi connectivity index (χ2v) is 16.0. The zero-order valence-corrected chi connectivity index (χ0v) is 31.3. The number of alkyl halides is 1. The maximum absolute atomic E-state index is 15.0. The summed E-state index contributed by atoms with van der Waals surface area (Å²) in [5, 5.41) is 9.18. The molecule has 49 heavy (non-hydrogen) atoms. The standard InChI is InChI=1S/C39H51BrN4O4S/c1-5-22-42(27-28-16-12-11-13-17-28)36(46)32-33-37(47)44(24-14-9-10-15-25-45)35(39(33)26-31(40)34(32)49-39)38(48)43(23-6-2)30-20-18-29(19-21-30)41(7-3)8-4/h5-6,11-13,16-21,31-35,45H,1-2,7-10,14-15,22-27H2,3-4H3/t31?,32-,33-,34-,35?,39?/m0/s1. The molecule has 3 aliphatic rings. The van der Waals surface area contributed by atoms with Gasteiger partial charge in [-0.25, -0.2) is 0 Å². The number of carbonyl (C=O) groups is 3. The summed E-state index contributed by atoms with van der Waals surface area (Å²) in [5.41, 5.74) is 2.87. The van der Waals surface area contributed by atoms with Crippen molar-refractivity contribution < 1.29 is 19.5 Å². The van der Waals surface area contributed by atoms with E-state index in [2.05, 4.69) is 47.8 Å². The van der Waals surface area contributed by atoms with E-state index in [1.54, 1.807) is 33.7 Å². The molecule has 2 bridgehead atoms. The lowest BCUT2D eigenvalue weighted by molar-refractivity contribution is -0.144. The van der Waals surface area contributed by atoms with Crippen LogP contribution in [0, 0.1) is 11.8 Å². The van der Waals surface area contributed by atoms with Crippen molar-refractivity contribution in [1.82, 2.24) is 9.80 Å². The summed E-state index contributed by atoms with van der Waals surface area (Å²) in [6.07, 6.45) is 7.22. The van der Waals surface area contributed by atoms with Crippen molar-refractivity contribution in [1.29, 1.82) is 0 Å². The van der Waals surface area contributed by atoms with Crippen molar-refractivity contribution in [3.05, 3.63) is 85.5 Å². The van der Waals surface area contributed by atoms with Gasteiger partial charge in [0.15, 0.2) is 0 Å². The molecule has 1 spiro atoms. The lowest BCUT2D eigenvalue weighted by Gasteiger charge is -2.38. The highest BCUT2D eigenvalue weighted by Gasteiger charge is 2.76. The Bertz CT molecular complexity index is 1470. The topological polar surface area (TPSA) is 84.4 Å². The Balaban J connectivity index is 1.51. The fraction of sp³-hybridized carbons (Fsp3) is 0.513. The minimum atomic E-state index is -0.744. The summed E-state index contributed by atoms with van der Waals surface area (Å²) in [5.74, 6) is -1.45. The Morgan fingerprint density at radius 3 is 2.24 bits per heavy atom. The predicted molar refractivity (Wildman–Crippen MR) is 204 cm³/mol. The highest BCUT2D eigenvalue weighted by molar-refractivity contribution is 9.09. The number of unbranched alkanes of at least 4 members (excludes halogenated alkanes) is 3. The molecular formula is C39H51BrN4O4S. The Labute approximate surface area is 304 Å². The second-order valence-electron chi connectivity index (χ2n) is 13.3. The molecule has 0 aliphatic carbocycles. The molecule has 2 aromatic rings. The van der Waals surface area contributed by atoms with Gasteiger partial charge in [-0.2, -0.15) is 0 Å². The molecule has 3 fully saturated rings. The van der Waals surface area contributed by atoms with Gasteiger partial charge < -0.3 is 24.7 Å². The van der Waals surface area contributed by atoms with E-state index in [9.17, 15) is 14.7 Å². The Morgan fingerprint density at radius 2 is 1.61 bits per heavy atom. The van der Waals surface area contributed by atoms with Crippen molar-refractivity contribution in [2.24, 2.45) is 11.8 Å². The summed E-state index contributed by atoms with van der Waals surface area (Å²) in [7, 11) is 0. The van der Waals surface area contributed by atoms with Crippen LogP contribution in [-0.2, 0) is 20.9 Å². The third-order valence-electron chi connectivity index (χ3n) is 10.4. The minimum Gasteiger partial charge on any atom is -0.396 e. The molecule has 3 saturated heterocycles. The van der Waals surface area contributed by atoms with Crippen molar-refractivity contribution >= 4 is 56.8 Å². The number of benzene rings is 2. The summed E-state index contributed by atoms with van der Waals surface area (Å²) in [4.78, 5) is 52.0. The van der Waals surface area contributed by atoms with E-state index < -0.39 is 22.6 Å². The van der Waals surface area contributed by atoms with Crippen LogP contribution in [0.1, 0.15) is 51.5 Å². The smallest absolute Gasteiger partial charge is 0.251 e. The molecule has 2 aromatic carbocycles. The number of fused-ring (bicyclic) bond motifs is 1. The molecule has 5 rings (SSSR count). The zero-order valence-electron chi connectivity index (χ0n) is 28.9. The number of likely N-dealkylation sites (tertiary alicyclic amines) is 1. The molecule has 0 aromatic heterocycles. The van der Waals surface area contributed by atoms with Gasteiger partial charge in [0.1, 0.15) is 6.04 Å². The van der Waals surface area contributed by atoms with Gasteiger partial charge in [0.25, 0.3) is 5.91 Å². The monoisotopic (exact) mass is 750 g/mol. The molecule has 1 N–H and O–H groups in total. The summed E-state index contributed by atoms with van der Waals surface area (Å²) in [6.45, 7) is 15.6. The average molecular weight is 752 g/mol. The fourth-order valence-corrected chi connectivity index (χ4v) is 11.7. The third-order valence-corrected chi connectivity index (χ3v) is 13.6. The number of thioether (sulfide) groups is 1. The maximum Gasteiger partial charge on any atom is 0.251 e. The normalized spacial score (nSPS) is 25.3. The number of hydrogen-bond donors (Lipinski definition) is 1. The minimum absolute atomic E-state index is 0.0150. The number of hydrogen-bond acceptors (Lipinski definition) is 6. The number of anilines is 2. The van der Waals surface area contributed by atoms with Crippen LogP contribution in [0.15, 0.2) is 79.9 Å². The fourth-order valence-electron chi connectivity index (χ4n) is 8.11. The molecule has 3 amide bonds. The molecule has 6 atom stereocenters. The quantitative estimate of drug-likeness (QED) is 0.110. The molecule has 10 heteroatoms. The van der Waals surface area contributed by atoms with Crippen LogP contribution >= 0.6 is 27.7 Å². The number of rotatable bonds is 18. The van der Waals surface area contributed by atoms with Crippen LogP contribution in [-0.4, -0.2) is 92.8 Å². The predicted octanol–water partition coefficient (Wildman–Crippen LogP) is 6.28. The Kier molecular flexibility index (Phi) is 12.7. The average Bonchev–Trinajstić information content (AvgIpc) is 3.70. The van der Waals surface area contributed by atoms with E-state index in [-0.39, 0.29) is 34.4 Å². The molecule has 0 saturated carbocycles. The maximum atomic E-state index is 15.0. The number of aliphatic hydroxyl groups excluding tert-OH is 1. The molecule has 0 radical (unpaired) electrons. The highest BCUT2D eigenvalue weighted by atomic mass is 79.9.